The molecule has 0 saturated carbocycles. The summed E-state index contributed by atoms with van der Waals surface area (Å²) in [7, 11) is 2.18. The first-order valence-electron chi connectivity index (χ1n) is 10.6. The van der Waals surface area contributed by atoms with Gasteiger partial charge in [0.25, 0.3) is 0 Å². The van der Waals surface area contributed by atoms with Crippen LogP contribution in [0.5, 0.6) is 0 Å². The summed E-state index contributed by atoms with van der Waals surface area (Å²) >= 11 is 0. The summed E-state index contributed by atoms with van der Waals surface area (Å²) in [6.45, 7) is 4.36. The maximum atomic E-state index is 12.8. The summed E-state index contributed by atoms with van der Waals surface area (Å²) in [4.78, 5) is 20.4. The fourth-order valence-corrected chi connectivity index (χ4v) is 4.70. The van der Waals surface area contributed by atoms with Gasteiger partial charge in [-0.05, 0) is 51.0 Å². The lowest BCUT2D eigenvalue weighted by molar-refractivity contribution is -0.132. The minimum absolute atomic E-state index is 0.199. The van der Waals surface area contributed by atoms with Gasteiger partial charge in [0.1, 0.15) is 5.82 Å². The van der Waals surface area contributed by atoms with Crippen LogP contribution < -0.4 is 0 Å². The van der Waals surface area contributed by atoms with Crippen molar-refractivity contribution in [2.75, 3.05) is 26.7 Å². The molecule has 2 aliphatic heterocycles. The number of hydrogen-bond acceptors (Lipinski definition) is 4. The minimum Gasteiger partial charge on any atom is -0.361 e. The number of aromatic nitrogens is 4. The first-order valence-corrected chi connectivity index (χ1v) is 10.6. The van der Waals surface area contributed by atoms with Crippen LogP contribution in [0, 0.1) is 0 Å². The van der Waals surface area contributed by atoms with Crippen molar-refractivity contribution in [2.45, 2.75) is 44.7 Å². The van der Waals surface area contributed by atoms with E-state index in [0.29, 0.717) is 18.9 Å². The van der Waals surface area contributed by atoms with Gasteiger partial charge in [-0.2, -0.15) is 0 Å². The predicted octanol–water partition coefficient (Wildman–Crippen LogP) is 2.54. The third kappa shape index (κ3) is 3.55. The van der Waals surface area contributed by atoms with E-state index in [2.05, 4.69) is 43.8 Å². The van der Waals surface area contributed by atoms with Crippen molar-refractivity contribution in [1.29, 1.82) is 0 Å². The Bertz CT molecular complexity index is 1010. The topological polar surface area (TPSA) is 70.1 Å². The van der Waals surface area contributed by atoms with Gasteiger partial charge in [0.2, 0.25) is 5.91 Å². The Hall–Kier alpha value is -2.67. The molecule has 4 heterocycles. The number of H-pyrrole nitrogens is 1. The monoisotopic (exact) mass is 392 g/mol. The van der Waals surface area contributed by atoms with E-state index >= 15 is 0 Å². The van der Waals surface area contributed by atoms with Crippen molar-refractivity contribution < 1.29 is 4.79 Å². The molecule has 1 N–H and O–H groups in total. The molecule has 1 fully saturated rings. The van der Waals surface area contributed by atoms with Crippen LogP contribution in [0.15, 0.2) is 30.5 Å². The van der Waals surface area contributed by atoms with E-state index in [-0.39, 0.29) is 5.91 Å². The SMILES string of the molecule is CN1CCC(c2nnc3n2CCN(C(=O)CCc2c[nH]c4ccccc24)C3)CC1. The highest BCUT2D eigenvalue weighted by Crippen LogP contribution is 2.28. The van der Waals surface area contributed by atoms with Crippen LogP contribution in [0.25, 0.3) is 10.9 Å². The third-order valence-electron chi connectivity index (χ3n) is 6.50. The number of nitrogens with zero attached hydrogens (tertiary/aromatic N) is 5. The number of benzene rings is 1. The molecule has 29 heavy (non-hydrogen) atoms. The van der Waals surface area contributed by atoms with Gasteiger partial charge in [-0.15, -0.1) is 10.2 Å². The molecule has 7 heteroatoms. The summed E-state index contributed by atoms with van der Waals surface area (Å²) in [5.74, 6) is 2.76. The molecule has 2 aromatic heterocycles. The molecular formula is C22H28N6O. The molecule has 1 aromatic carbocycles. The van der Waals surface area contributed by atoms with E-state index < -0.39 is 0 Å². The second kappa shape index (κ2) is 7.63. The molecule has 3 aromatic rings. The minimum atomic E-state index is 0.199. The molecule has 0 radical (unpaired) electrons. The Balaban J connectivity index is 1.22. The van der Waals surface area contributed by atoms with Crippen LogP contribution in [-0.2, 0) is 24.3 Å². The Morgan fingerprint density at radius 3 is 2.83 bits per heavy atom. The van der Waals surface area contributed by atoms with Crippen LogP contribution in [0.1, 0.15) is 42.4 Å². The Kier molecular flexibility index (Phi) is 4.83. The number of carbonyl (C=O) groups excluding carboxylic acids is 1. The summed E-state index contributed by atoms with van der Waals surface area (Å²) in [6.07, 6.45) is 5.59. The smallest absolute Gasteiger partial charge is 0.223 e. The Morgan fingerprint density at radius 2 is 1.97 bits per heavy atom. The number of fused-ring (bicyclic) bond motifs is 2. The summed E-state index contributed by atoms with van der Waals surface area (Å²) in [5, 5.41) is 10.2. The van der Waals surface area contributed by atoms with Gasteiger partial charge >= 0.3 is 0 Å². The fraction of sp³-hybridized carbons (Fsp3) is 0.500. The van der Waals surface area contributed by atoms with E-state index in [1.54, 1.807) is 0 Å². The maximum absolute atomic E-state index is 12.8. The zero-order valence-electron chi connectivity index (χ0n) is 17.0. The molecule has 1 amide bonds. The van der Waals surface area contributed by atoms with Crippen molar-refractivity contribution in [3.05, 3.63) is 47.7 Å². The molecule has 152 valence electrons. The number of para-hydroxylation sites is 1. The molecule has 2 aliphatic rings. The average molecular weight is 393 g/mol. The first kappa shape index (κ1) is 18.4. The van der Waals surface area contributed by atoms with Crippen LogP contribution in [0.3, 0.4) is 0 Å². The second-order valence-corrected chi connectivity index (χ2v) is 8.38. The normalized spacial score (nSPS) is 18.3. The van der Waals surface area contributed by atoms with Gasteiger partial charge < -0.3 is 19.4 Å². The number of carbonyl (C=O) groups is 1. The van der Waals surface area contributed by atoms with Crippen LogP contribution in [0.4, 0.5) is 0 Å². The molecular weight excluding hydrogens is 364 g/mol. The van der Waals surface area contributed by atoms with Crippen LogP contribution in [-0.4, -0.2) is 62.1 Å². The van der Waals surface area contributed by atoms with Gasteiger partial charge in [-0.25, -0.2) is 0 Å². The molecule has 0 spiro atoms. The quantitative estimate of drug-likeness (QED) is 0.741. The van der Waals surface area contributed by atoms with Gasteiger partial charge in [0.15, 0.2) is 5.82 Å². The van der Waals surface area contributed by atoms with Crippen LogP contribution >= 0.6 is 0 Å². The van der Waals surface area contributed by atoms with Gasteiger partial charge in [-0.3, -0.25) is 4.79 Å². The van der Waals surface area contributed by atoms with Crippen molar-refractivity contribution in [3.8, 4) is 0 Å². The lowest BCUT2D eigenvalue weighted by Crippen LogP contribution is -2.39. The van der Waals surface area contributed by atoms with E-state index in [9.17, 15) is 4.79 Å². The van der Waals surface area contributed by atoms with Gasteiger partial charge in [-0.1, -0.05) is 18.2 Å². The fourth-order valence-electron chi connectivity index (χ4n) is 4.70. The van der Waals surface area contributed by atoms with Crippen LogP contribution in [0.2, 0.25) is 0 Å². The number of likely N-dealkylation sites (tertiary alicyclic amines) is 1. The molecule has 5 rings (SSSR count). The van der Waals surface area contributed by atoms with Crippen molar-refractivity contribution in [2.24, 2.45) is 0 Å². The van der Waals surface area contributed by atoms with Crippen molar-refractivity contribution in [3.63, 3.8) is 0 Å². The Labute approximate surface area is 170 Å². The summed E-state index contributed by atoms with van der Waals surface area (Å²) in [6, 6.07) is 8.25. The highest BCUT2D eigenvalue weighted by molar-refractivity contribution is 5.84. The maximum Gasteiger partial charge on any atom is 0.223 e. The van der Waals surface area contributed by atoms with Crippen molar-refractivity contribution >= 4 is 16.8 Å². The van der Waals surface area contributed by atoms with E-state index in [4.69, 9.17) is 0 Å². The molecule has 1 saturated heterocycles. The standard InChI is InChI=1S/C22H28N6O/c1-26-10-8-16(9-11-26)22-25-24-20-15-27(12-13-28(20)22)21(29)7-6-17-14-23-19-5-3-2-4-18(17)19/h2-5,14,16,23H,6-13,15H2,1H3. The third-order valence-corrected chi connectivity index (χ3v) is 6.50. The summed E-state index contributed by atoms with van der Waals surface area (Å²) < 4.78 is 2.26. The number of piperidine rings is 1. The highest BCUT2D eigenvalue weighted by Gasteiger charge is 2.29. The number of nitrogens with one attached hydrogen (secondary N) is 1. The highest BCUT2D eigenvalue weighted by atomic mass is 16.2. The van der Waals surface area contributed by atoms with E-state index in [1.165, 1.54) is 10.9 Å². The molecule has 0 aliphatic carbocycles. The van der Waals surface area contributed by atoms with E-state index in [1.807, 2.05) is 23.2 Å². The molecule has 0 atom stereocenters. The number of amides is 1. The second-order valence-electron chi connectivity index (χ2n) is 8.38. The largest absolute Gasteiger partial charge is 0.361 e. The number of aryl methyl sites for hydroxylation is 1. The van der Waals surface area contributed by atoms with Gasteiger partial charge in [0, 0.05) is 42.5 Å². The van der Waals surface area contributed by atoms with E-state index in [0.717, 1.165) is 62.6 Å². The van der Waals surface area contributed by atoms with Crippen molar-refractivity contribution in [1.82, 2.24) is 29.5 Å². The predicted molar refractivity (Wildman–Crippen MR) is 112 cm³/mol. The zero-order chi connectivity index (χ0) is 19.8. The molecule has 7 nitrogen and oxygen atoms in total. The summed E-state index contributed by atoms with van der Waals surface area (Å²) in [5.41, 5.74) is 2.33. The van der Waals surface area contributed by atoms with Gasteiger partial charge in [0.05, 0.1) is 6.54 Å². The molecule has 0 bridgehead atoms. The zero-order valence-corrected chi connectivity index (χ0v) is 17.0. The number of rotatable bonds is 4. The first-order chi connectivity index (χ1) is 14.2. The molecule has 0 unspecified atom stereocenters. The number of aromatic amines is 1. The Morgan fingerprint density at radius 1 is 1.14 bits per heavy atom. The number of hydrogen-bond donors (Lipinski definition) is 1. The average Bonchev–Trinajstić information content (AvgIpc) is 3.36. The lowest BCUT2D eigenvalue weighted by Gasteiger charge is -2.31. The lowest BCUT2D eigenvalue weighted by atomic mass is 9.96.